The zero-order valence-corrected chi connectivity index (χ0v) is 6.07. The first-order valence-corrected chi connectivity index (χ1v) is 3.67. The molecule has 0 bridgehead atoms. The van der Waals surface area contributed by atoms with Crippen molar-refractivity contribution in [2.45, 2.75) is 12.5 Å². The predicted molar refractivity (Wildman–Crippen MR) is 42.8 cm³/mol. The van der Waals surface area contributed by atoms with Gasteiger partial charge in [0.15, 0.2) is 0 Å². The summed E-state index contributed by atoms with van der Waals surface area (Å²) < 4.78 is 0. The molecule has 1 aromatic heterocycles. The summed E-state index contributed by atoms with van der Waals surface area (Å²) in [5.41, 5.74) is 1.83. The lowest BCUT2D eigenvalue weighted by atomic mass is 10.00. The topological polar surface area (TPSA) is 33.1 Å². The van der Waals surface area contributed by atoms with E-state index < -0.39 is 0 Å². The van der Waals surface area contributed by atoms with E-state index in [9.17, 15) is 5.11 Å². The molecule has 1 aromatic rings. The highest BCUT2D eigenvalue weighted by Crippen LogP contribution is 2.24. The smallest absolute Gasteiger partial charge is 0.0845 e. The fraction of sp³-hybridized carbons (Fsp3) is 0.222. The van der Waals surface area contributed by atoms with Gasteiger partial charge in [0.05, 0.1) is 11.8 Å². The number of hydrogen-bond donors (Lipinski definition) is 1. The van der Waals surface area contributed by atoms with Crippen molar-refractivity contribution in [3.8, 4) is 0 Å². The van der Waals surface area contributed by atoms with Crippen LogP contribution in [0.15, 0.2) is 24.4 Å². The summed E-state index contributed by atoms with van der Waals surface area (Å²) >= 11 is 0. The molecule has 2 heteroatoms. The summed E-state index contributed by atoms with van der Waals surface area (Å²) in [6, 6.07) is 3.76. The van der Waals surface area contributed by atoms with Gasteiger partial charge in [0.2, 0.25) is 0 Å². The van der Waals surface area contributed by atoms with Crippen molar-refractivity contribution in [1.29, 1.82) is 0 Å². The number of nitrogens with zero attached hydrogens (tertiary/aromatic N) is 1. The van der Waals surface area contributed by atoms with Gasteiger partial charge in [-0.05, 0) is 18.6 Å². The van der Waals surface area contributed by atoms with Gasteiger partial charge in [-0.1, -0.05) is 12.1 Å². The van der Waals surface area contributed by atoms with Gasteiger partial charge < -0.3 is 5.11 Å². The van der Waals surface area contributed by atoms with Gasteiger partial charge in [-0.3, -0.25) is 4.98 Å². The Morgan fingerprint density at radius 1 is 1.55 bits per heavy atom. The first-order chi connectivity index (χ1) is 5.38. The third-order valence-electron chi connectivity index (χ3n) is 1.87. The van der Waals surface area contributed by atoms with E-state index in [-0.39, 0.29) is 6.10 Å². The maximum atomic E-state index is 9.47. The second-order valence-corrected chi connectivity index (χ2v) is 2.63. The van der Waals surface area contributed by atoms with Crippen LogP contribution in [0.4, 0.5) is 0 Å². The third-order valence-corrected chi connectivity index (χ3v) is 1.87. The monoisotopic (exact) mass is 147 g/mol. The van der Waals surface area contributed by atoms with Crippen molar-refractivity contribution in [1.82, 2.24) is 4.98 Å². The standard InChI is InChI=1S/C9H9NO/c11-9-5-1-4-8-7(9)3-2-6-10-8/h1-4,6,9,11H,5H2/t9-/m0/s1. The van der Waals surface area contributed by atoms with Gasteiger partial charge in [0.1, 0.15) is 0 Å². The summed E-state index contributed by atoms with van der Waals surface area (Å²) in [5.74, 6) is 0. The molecule has 11 heavy (non-hydrogen) atoms. The van der Waals surface area contributed by atoms with Crippen molar-refractivity contribution in [2.24, 2.45) is 0 Å². The molecule has 1 N–H and O–H groups in total. The van der Waals surface area contributed by atoms with E-state index in [2.05, 4.69) is 4.98 Å². The first kappa shape index (κ1) is 6.55. The molecule has 2 rings (SSSR count). The number of aliphatic hydroxyl groups excluding tert-OH is 1. The zero-order chi connectivity index (χ0) is 7.68. The second kappa shape index (κ2) is 2.47. The molecule has 1 aliphatic carbocycles. The van der Waals surface area contributed by atoms with Crippen LogP contribution in [0, 0.1) is 0 Å². The molecule has 0 amide bonds. The molecule has 0 aliphatic heterocycles. The molecule has 1 heterocycles. The molecule has 56 valence electrons. The van der Waals surface area contributed by atoms with E-state index in [1.54, 1.807) is 6.20 Å². The minimum absolute atomic E-state index is 0.358. The lowest BCUT2D eigenvalue weighted by Crippen LogP contribution is -2.03. The Kier molecular flexibility index (Phi) is 1.47. The highest BCUT2D eigenvalue weighted by atomic mass is 16.3. The van der Waals surface area contributed by atoms with E-state index in [4.69, 9.17) is 0 Å². The van der Waals surface area contributed by atoms with Crippen molar-refractivity contribution < 1.29 is 5.11 Å². The SMILES string of the molecule is O[C@H]1CC=Cc2ncccc21. The molecule has 0 aromatic carbocycles. The van der Waals surface area contributed by atoms with E-state index in [0.717, 1.165) is 11.3 Å². The predicted octanol–water partition coefficient (Wildman–Crippen LogP) is 1.53. The average Bonchev–Trinajstić information content (AvgIpc) is 2.06. The lowest BCUT2D eigenvalue weighted by Gasteiger charge is -2.14. The first-order valence-electron chi connectivity index (χ1n) is 3.67. The van der Waals surface area contributed by atoms with Crippen molar-refractivity contribution in [3.05, 3.63) is 35.7 Å². The Hall–Kier alpha value is -1.15. The van der Waals surface area contributed by atoms with Gasteiger partial charge >= 0.3 is 0 Å². The normalized spacial score (nSPS) is 21.4. The Balaban J connectivity index is 2.54. The third kappa shape index (κ3) is 1.05. The Morgan fingerprint density at radius 2 is 2.45 bits per heavy atom. The van der Waals surface area contributed by atoms with E-state index in [1.807, 2.05) is 24.3 Å². The molecular weight excluding hydrogens is 138 g/mol. The average molecular weight is 147 g/mol. The molecule has 0 saturated heterocycles. The number of pyridine rings is 1. The molecule has 0 saturated carbocycles. The van der Waals surface area contributed by atoms with Gasteiger partial charge in [-0.2, -0.15) is 0 Å². The molecule has 0 radical (unpaired) electrons. The van der Waals surface area contributed by atoms with Gasteiger partial charge in [-0.15, -0.1) is 0 Å². The van der Waals surface area contributed by atoms with Crippen LogP contribution in [0.5, 0.6) is 0 Å². The highest BCUT2D eigenvalue weighted by molar-refractivity contribution is 5.52. The van der Waals surface area contributed by atoms with Crippen LogP contribution >= 0.6 is 0 Å². The number of aliphatic hydroxyl groups is 1. The van der Waals surface area contributed by atoms with Gasteiger partial charge in [-0.25, -0.2) is 0 Å². The summed E-state index contributed by atoms with van der Waals surface area (Å²) in [4.78, 5) is 4.12. The lowest BCUT2D eigenvalue weighted by molar-refractivity contribution is 0.179. The fourth-order valence-corrected chi connectivity index (χ4v) is 1.29. The van der Waals surface area contributed by atoms with E-state index >= 15 is 0 Å². The second-order valence-electron chi connectivity index (χ2n) is 2.63. The van der Waals surface area contributed by atoms with Crippen LogP contribution in [0.3, 0.4) is 0 Å². The van der Waals surface area contributed by atoms with Crippen molar-refractivity contribution in [3.63, 3.8) is 0 Å². The Bertz CT molecular complexity index is 293. The van der Waals surface area contributed by atoms with Crippen LogP contribution in [0.2, 0.25) is 0 Å². The molecule has 0 fully saturated rings. The summed E-state index contributed by atoms with van der Waals surface area (Å²) in [6.07, 6.45) is 5.98. The fourth-order valence-electron chi connectivity index (χ4n) is 1.29. The van der Waals surface area contributed by atoms with Crippen LogP contribution in [-0.2, 0) is 0 Å². The summed E-state index contributed by atoms with van der Waals surface area (Å²) in [5, 5.41) is 9.47. The molecule has 1 atom stereocenters. The largest absolute Gasteiger partial charge is 0.388 e. The van der Waals surface area contributed by atoms with Crippen molar-refractivity contribution >= 4 is 6.08 Å². The minimum atomic E-state index is -0.358. The number of rotatable bonds is 0. The van der Waals surface area contributed by atoms with Crippen LogP contribution in [-0.4, -0.2) is 10.1 Å². The van der Waals surface area contributed by atoms with Gasteiger partial charge in [0, 0.05) is 11.8 Å². The maximum absolute atomic E-state index is 9.47. The van der Waals surface area contributed by atoms with E-state index in [0.29, 0.717) is 6.42 Å². The summed E-state index contributed by atoms with van der Waals surface area (Å²) in [7, 11) is 0. The number of hydrogen-bond acceptors (Lipinski definition) is 2. The Labute approximate surface area is 65.2 Å². The van der Waals surface area contributed by atoms with Crippen molar-refractivity contribution in [2.75, 3.05) is 0 Å². The highest BCUT2D eigenvalue weighted by Gasteiger charge is 2.13. The molecule has 0 unspecified atom stereocenters. The molecule has 2 nitrogen and oxygen atoms in total. The van der Waals surface area contributed by atoms with Gasteiger partial charge in [0.25, 0.3) is 0 Å². The maximum Gasteiger partial charge on any atom is 0.0845 e. The summed E-state index contributed by atoms with van der Waals surface area (Å²) in [6.45, 7) is 0. The van der Waals surface area contributed by atoms with Crippen LogP contribution < -0.4 is 0 Å². The van der Waals surface area contributed by atoms with Crippen LogP contribution in [0.1, 0.15) is 23.8 Å². The molecular formula is C9H9NO. The molecule has 1 aliphatic rings. The zero-order valence-electron chi connectivity index (χ0n) is 6.07. The number of fused-ring (bicyclic) bond motifs is 1. The quantitative estimate of drug-likeness (QED) is 0.603. The minimum Gasteiger partial charge on any atom is -0.388 e. The Morgan fingerprint density at radius 3 is 3.27 bits per heavy atom. The van der Waals surface area contributed by atoms with E-state index in [1.165, 1.54) is 0 Å². The number of aromatic nitrogens is 1. The van der Waals surface area contributed by atoms with Crippen LogP contribution in [0.25, 0.3) is 6.08 Å². The molecule has 0 spiro atoms.